The van der Waals surface area contributed by atoms with E-state index in [0.717, 1.165) is 25.3 Å². The van der Waals surface area contributed by atoms with E-state index in [9.17, 15) is 0 Å². The van der Waals surface area contributed by atoms with Crippen LogP contribution < -0.4 is 5.73 Å². The second-order valence-electron chi connectivity index (χ2n) is 4.06. The molecule has 0 spiro atoms. The van der Waals surface area contributed by atoms with E-state index < -0.39 is 0 Å². The molecule has 0 aliphatic heterocycles. The number of benzene rings is 1. The first-order valence-corrected chi connectivity index (χ1v) is 8.74. The van der Waals surface area contributed by atoms with Crippen LogP contribution in [0, 0.1) is 0 Å². The summed E-state index contributed by atoms with van der Waals surface area (Å²) in [6.07, 6.45) is 0. The molecule has 0 saturated heterocycles. The maximum absolute atomic E-state index is 6.20. The van der Waals surface area contributed by atoms with Gasteiger partial charge in [0.1, 0.15) is 10.6 Å². The van der Waals surface area contributed by atoms with Crippen molar-refractivity contribution in [3.05, 3.63) is 44.7 Å². The molecule has 7 heteroatoms. The van der Waals surface area contributed by atoms with Crippen LogP contribution in [0.5, 0.6) is 0 Å². The minimum atomic E-state index is 0.528. The standard InChI is InChI=1S/C13H9BrClN3S2/c14-8-2-1-7(10(15)5-8)6-20-13-17-11(16)9-3-4-19-12(9)18-13/h1-5H,6H2,(H2,16,17,18). The van der Waals surface area contributed by atoms with Crippen molar-refractivity contribution in [1.82, 2.24) is 9.97 Å². The molecule has 2 heterocycles. The van der Waals surface area contributed by atoms with Crippen LogP contribution >= 0.6 is 50.6 Å². The Morgan fingerprint density at radius 1 is 1.30 bits per heavy atom. The fraction of sp³-hybridized carbons (Fsp3) is 0.0769. The van der Waals surface area contributed by atoms with Gasteiger partial charge in [0.05, 0.1) is 5.39 Å². The van der Waals surface area contributed by atoms with Gasteiger partial charge < -0.3 is 5.73 Å². The highest BCUT2D eigenvalue weighted by molar-refractivity contribution is 9.10. The first-order valence-electron chi connectivity index (χ1n) is 5.71. The van der Waals surface area contributed by atoms with Gasteiger partial charge in [-0.05, 0) is 29.1 Å². The van der Waals surface area contributed by atoms with Gasteiger partial charge in [0.15, 0.2) is 5.16 Å². The topological polar surface area (TPSA) is 51.8 Å². The molecule has 0 fully saturated rings. The SMILES string of the molecule is Nc1nc(SCc2ccc(Br)cc2Cl)nc2sccc12. The molecule has 20 heavy (non-hydrogen) atoms. The minimum absolute atomic E-state index is 0.528. The lowest BCUT2D eigenvalue weighted by Crippen LogP contribution is -1.95. The average Bonchev–Trinajstić information content (AvgIpc) is 2.86. The highest BCUT2D eigenvalue weighted by Crippen LogP contribution is 2.30. The van der Waals surface area contributed by atoms with Crippen molar-refractivity contribution >= 4 is 66.7 Å². The number of hydrogen-bond donors (Lipinski definition) is 1. The lowest BCUT2D eigenvalue weighted by atomic mass is 10.2. The molecule has 3 aromatic rings. The second kappa shape index (κ2) is 5.89. The van der Waals surface area contributed by atoms with Crippen LogP contribution in [-0.2, 0) is 5.75 Å². The summed E-state index contributed by atoms with van der Waals surface area (Å²) in [7, 11) is 0. The second-order valence-corrected chi connectivity index (χ2v) is 7.22. The van der Waals surface area contributed by atoms with Crippen LogP contribution in [0.15, 0.2) is 39.3 Å². The van der Waals surface area contributed by atoms with Crippen LogP contribution in [0.3, 0.4) is 0 Å². The molecule has 2 N–H and O–H groups in total. The van der Waals surface area contributed by atoms with Crippen molar-refractivity contribution in [1.29, 1.82) is 0 Å². The molecule has 0 bridgehead atoms. The van der Waals surface area contributed by atoms with Gasteiger partial charge >= 0.3 is 0 Å². The average molecular weight is 387 g/mol. The third-order valence-electron chi connectivity index (χ3n) is 2.71. The highest BCUT2D eigenvalue weighted by atomic mass is 79.9. The number of thiophene rings is 1. The van der Waals surface area contributed by atoms with E-state index in [1.807, 2.05) is 29.6 Å². The number of rotatable bonds is 3. The molecule has 0 unspecified atom stereocenters. The third-order valence-corrected chi connectivity index (χ3v) is 5.25. The minimum Gasteiger partial charge on any atom is -0.383 e. The summed E-state index contributed by atoms with van der Waals surface area (Å²) in [5.41, 5.74) is 6.98. The Morgan fingerprint density at radius 3 is 2.95 bits per heavy atom. The number of nitrogens with zero attached hydrogens (tertiary/aromatic N) is 2. The zero-order chi connectivity index (χ0) is 14.1. The Bertz CT molecular complexity index is 775. The molecular formula is C13H9BrClN3S2. The number of aromatic nitrogens is 2. The van der Waals surface area contributed by atoms with Crippen molar-refractivity contribution in [3.8, 4) is 0 Å². The fourth-order valence-corrected chi connectivity index (χ4v) is 4.21. The van der Waals surface area contributed by atoms with Gasteiger partial charge in [-0.15, -0.1) is 11.3 Å². The van der Waals surface area contributed by atoms with E-state index in [1.54, 1.807) is 11.3 Å². The van der Waals surface area contributed by atoms with Crippen molar-refractivity contribution in [2.45, 2.75) is 10.9 Å². The molecule has 0 aliphatic carbocycles. The highest BCUT2D eigenvalue weighted by Gasteiger charge is 2.08. The number of halogens is 2. The molecule has 102 valence electrons. The molecular weight excluding hydrogens is 378 g/mol. The molecule has 0 atom stereocenters. The molecule has 0 amide bonds. The van der Waals surface area contributed by atoms with E-state index in [1.165, 1.54) is 11.8 Å². The predicted octanol–water partition coefficient (Wildman–Crippen LogP) is 4.98. The Kier molecular flexibility index (Phi) is 4.16. The van der Waals surface area contributed by atoms with Gasteiger partial charge in [0.2, 0.25) is 0 Å². The smallest absolute Gasteiger partial charge is 0.191 e. The predicted molar refractivity (Wildman–Crippen MR) is 90.5 cm³/mol. The number of nitrogens with two attached hydrogens (primary N) is 1. The van der Waals surface area contributed by atoms with Gasteiger partial charge in [-0.2, -0.15) is 0 Å². The Morgan fingerprint density at radius 2 is 2.15 bits per heavy atom. The van der Waals surface area contributed by atoms with E-state index >= 15 is 0 Å². The van der Waals surface area contributed by atoms with Crippen molar-refractivity contribution < 1.29 is 0 Å². The van der Waals surface area contributed by atoms with E-state index in [2.05, 4.69) is 25.9 Å². The lowest BCUT2D eigenvalue weighted by molar-refractivity contribution is 1.02. The Labute approximate surface area is 137 Å². The van der Waals surface area contributed by atoms with Gasteiger partial charge in [-0.25, -0.2) is 9.97 Å². The van der Waals surface area contributed by atoms with E-state index in [4.69, 9.17) is 17.3 Å². The molecule has 0 saturated carbocycles. The summed E-state index contributed by atoms with van der Waals surface area (Å²) < 4.78 is 0.969. The Balaban J connectivity index is 1.82. The number of anilines is 1. The molecule has 0 aliphatic rings. The zero-order valence-corrected chi connectivity index (χ0v) is 14.1. The number of thioether (sulfide) groups is 1. The molecule has 1 aromatic carbocycles. The van der Waals surface area contributed by atoms with Gasteiger partial charge in [0.25, 0.3) is 0 Å². The van der Waals surface area contributed by atoms with Gasteiger partial charge in [-0.3, -0.25) is 0 Å². The third kappa shape index (κ3) is 2.93. The number of nitrogen functional groups attached to an aromatic ring is 1. The van der Waals surface area contributed by atoms with E-state index in [-0.39, 0.29) is 0 Å². The maximum atomic E-state index is 6.20. The van der Waals surface area contributed by atoms with Gasteiger partial charge in [-0.1, -0.05) is 45.4 Å². The van der Waals surface area contributed by atoms with Crippen molar-refractivity contribution in [2.24, 2.45) is 0 Å². The van der Waals surface area contributed by atoms with Crippen LogP contribution in [0.1, 0.15) is 5.56 Å². The molecule has 3 rings (SSSR count). The molecule has 0 radical (unpaired) electrons. The summed E-state index contributed by atoms with van der Waals surface area (Å²) >= 11 is 12.7. The quantitative estimate of drug-likeness (QED) is 0.509. The largest absolute Gasteiger partial charge is 0.383 e. The summed E-state index contributed by atoms with van der Waals surface area (Å²) in [6, 6.07) is 7.79. The van der Waals surface area contributed by atoms with Crippen LogP contribution in [0.2, 0.25) is 5.02 Å². The maximum Gasteiger partial charge on any atom is 0.191 e. The number of hydrogen-bond acceptors (Lipinski definition) is 5. The number of fused-ring (bicyclic) bond motifs is 1. The molecule has 2 aromatic heterocycles. The lowest BCUT2D eigenvalue weighted by Gasteiger charge is -2.05. The fourth-order valence-electron chi connectivity index (χ4n) is 1.70. The van der Waals surface area contributed by atoms with Crippen LogP contribution in [-0.4, -0.2) is 9.97 Å². The normalized spacial score (nSPS) is 11.1. The zero-order valence-electron chi connectivity index (χ0n) is 10.1. The Hall–Kier alpha value is -0.820. The van der Waals surface area contributed by atoms with E-state index in [0.29, 0.717) is 16.7 Å². The first-order chi connectivity index (χ1) is 9.63. The summed E-state index contributed by atoms with van der Waals surface area (Å²) in [6.45, 7) is 0. The first kappa shape index (κ1) is 14.1. The summed E-state index contributed by atoms with van der Waals surface area (Å²) in [5, 5.41) is 4.30. The van der Waals surface area contributed by atoms with Crippen molar-refractivity contribution in [2.75, 3.05) is 5.73 Å². The summed E-state index contributed by atoms with van der Waals surface area (Å²) in [5.74, 6) is 1.24. The van der Waals surface area contributed by atoms with Crippen molar-refractivity contribution in [3.63, 3.8) is 0 Å². The summed E-state index contributed by atoms with van der Waals surface area (Å²) in [4.78, 5) is 9.73. The molecule has 3 nitrogen and oxygen atoms in total. The van der Waals surface area contributed by atoms with Gasteiger partial charge in [0, 0.05) is 15.2 Å². The van der Waals surface area contributed by atoms with Crippen LogP contribution in [0.25, 0.3) is 10.2 Å². The van der Waals surface area contributed by atoms with Crippen LogP contribution in [0.4, 0.5) is 5.82 Å². The monoisotopic (exact) mass is 385 g/mol.